The number of nitrogens with zero attached hydrogens (tertiary/aromatic N) is 4. The van der Waals surface area contributed by atoms with Gasteiger partial charge in [-0.25, -0.2) is 4.98 Å². The van der Waals surface area contributed by atoms with Crippen molar-refractivity contribution in [2.24, 2.45) is 0 Å². The molecule has 0 aliphatic carbocycles. The summed E-state index contributed by atoms with van der Waals surface area (Å²) in [6.45, 7) is 7.07. The van der Waals surface area contributed by atoms with Gasteiger partial charge in [0, 0.05) is 54.3 Å². The van der Waals surface area contributed by atoms with Crippen LogP contribution in [-0.2, 0) is 4.74 Å². The number of aliphatic hydroxyl groups excluding tert-OH is 1. The molecule has 0 unspecified atom stereocenters. The fourth-order valence-corrected chi connectivity index (χ4v) is 4.85. The van der Waals surface area contributed by atoms with E-state index >= 15 is 0 Å². The molecule has 9 nitrogen and oxygen atoms in total. The van der Waals surface area contributed by atoms with Gasteiger partial charge in [-0.15, -0.1) is 0 Å². The summed E-state index contributed by atoms with van der Waals surface area (Å²) in [4.78, 5) is 14.1. The first-order valence-corrected chi connectivity index (χ1v) is 11.6. The number of likely N-dealkylation sites (tertiary alicyclic amines) is 1. The van der Waals surface area contributed by atoms with E-state index in [1.165, 1.54) is 6.21 Å². The van der Waals surface area contributed by atoms with Crippen LogP contribution >= 0.6 is 0 Å². The van der Waals surface area contributed by atoms with Crippen LogP contribution in [0, 0.1) is 12.3 Å². The van der Waals surface area contributed by atoms with E-state index in [0.717, 1.165) is 67.5 Å². The first-order valence-electron chi connectivity index (χ1n) is 11.6. The maximum Gasteiger partial charge on any atom is 0.217 e. The Morgan fingerprint density at radius 2 is 1.94 bits per heavy atom. The third-order valence-electron chi connectivity index (χ3n) is 6.94. The molecule has 0 atom stereocenters. The molecule has 0 aromatic carbocycles. The van der Waals surface area contributed by atoms with Gasteiger partial charge in [0.1, 0.15) is 11.6 Å². The number of aliphatic hydroxyl groups is 1. The highest BCUT2D eigenvalue weighted by molar-refractivity contribution is 5.86. The van der Waals surface area contributed by atoms with E-state index in [0.29, 0.717) is 36.7 Å². The van der Waals surface area contributed by atoms with Crippen LogP contribution in [0.5, 0.6) is 5.88 Å². The predicted molar refractivity (Wildman–Crippen MR) is 127 cm³/mol. The zero-order valence-electron chi connectivity index (χ0n) is 19.3. The Bertz CT molecular complexity index is 1010. The van der Waals surface area contributed by atoms with Gasteiger partial charge < -0.3 is 30.2 Å². The van der Waals surface area contributed by atoms with Gasteiger partial charge in [0.15, 0.2) is 0 Å². The number of pyridine rings is 2. The molecule has 3 aliphatic heterocycles. The van der Waals surface area contributed by atoms with Crippen molar-refractivity contribution < 1.29 is 14.6 Å². The van der Waals surface area contributed by atoms with E-state index in [-0.39, 0.29) is 6.10 Å². The molecule has 2 aromatic rings. The van der Waals surface area contributed by atoms with Crippen LogP contribution in [0.1, 0.15) is 35.6 Å². The van der Waals surface area contributed by atoms with Gasteiger partial charge in [0.05, 0.1) is 32.5 Å². The lowest BCUT2D eigenvalue weighted by atomic mass is 9.89. The highest BCUT2D eigenvalue weighted by Gasteiger charge is 2.31. The fourth-order valence-electron chi connectivity index (χ4n) is 4.85. The summed E-state index contributed by atoms with van der Waals surface area (Å²) < 4.78 is 10.8. The molecule has 9 heteroatoms. The van der Waals surface area contributed by atoms with Gasteiger partial charge in [-0.05, 0) is 44.5 Å². The Balaban J connectivity index is 1.38. The zero-order chi connectivity index (χ0) is 22.9. The number of ether oxygens (including phenoxy) is 2. The summed E-state index contributed by atoms with van der Waals surface area (Å²) >= 11 is 0. The molecule has 3 N–H and O–H groups in total. The SMILES string of the molecule is COc1cc(Nc2nc(C3CCN(C4COC4)CC3)c(C)cc2C=N)cc(N2CC(O)C2)n1. The molecular weight excluding hydrogens is 420 g/mol. The molecule has 176 valence electrons. The van der Waals surface area contributed by atoms with E-state index < -0.39 is 0 Å². The van der Waals surface area contributed by atoms with Crippen LogP contribution in [0.25, 0.3) is 0 Å². The van der Waals surface area contributed by atoms with Gasteiger partial charge in [0.25, 0.3) is 0 Å². The lowest BCUT2D eigenvalue weighted by molar-refractivity contribution is -0.0713. The van der Waals surface area contributed by atoms with Crippen LogP contribution in [0.15, 0.2) is 18.2 Å². The third kappa shape index (κ3) is 4.53. The normalized spacial score (nSPS) is 20.3. The van der Waals surface area contributed by atoms with E-state index in [9.17, 15) is 5.11 Å². The Labute approximate surface area is 194 Å². The second kappa shape index (κ2) is 9.24. The minimum Gasteiger partial charge on any atom is -0.481 e. The van der Waals surface area contributed by atoms with Gasteiger partial charge in [-0.3, -0.25) is 4.90 Å². The standard InChI is InChI=1S/C24H32N6O3/c1-15-7-17(10-25)24(28-23(15)16-3-5-29(6-4-16)19-13-33-14-19)26-18-8-21(27-22(9-18)32-2)30-11-20(31)12-30/h7-10,16,19-20,25,31H,3-6,11-14H2,1-2H3,(H,26,27,28). The number of rotatable bonds is 7. The molecule has 3 saturated heterocycles. The first kappa shape index (κ1) is 22.1. The molecule has 3 fully saturated rings. The third-order valence-corrected chi connectivity index (χ3v) is 6.94. The number of anilines is 3. The molecule has 33 heavy (non-hydrogen) atoms. The van der Waals surface area contributed by atoms with Crippen molar-refractivity contribution in [2.45, 2.75) is 37.8 Å². The Hall–Kier alpha value is -2.75. The summed E-state index contributed by atoms with van der Waals surface area (Å²) in [5.41, 5.74) is 3.78. The molecule has 0 saturated carbocycles. The molecule has 0 spiro atoms. The maximum absolute atomic E-state index is 9.66. The summed E-state index contributed by atoms with van der Waals surface area (Å²) in [5.74, 6) is 2.32. The number of piperidine rings is 1. The second-order valence-electron chi connectivity index (χ2n) is 9.21. The largest absolute Gasteiger partial charge is 0.481 e. The highest BCUT2D eigenvalue weighted by Crippen LogP contribution is 2.34. The van der Waals surface area contributed by atoms with Gasteiger partial charge in [-0.2, -0.15) is 4.98 Å². The number of methoxy groups -OCH3 is 1. The topological polar surface area (TPSA) is 107 Å². The van der Waals surface area contributed by atoms with Crippen molar-refractivity contribution in [3.63, 3.8) is 0 Å². The second-order valence-corrected chi connectivity index (χ2v) is 9.21. The molecular formula is C24H32N6O3. The maximum atomic E-state index is 9.66. The van der Waals surface area contributed by atoms with Gasteiger partial charge in [-0.1, -0.05) is 0 Å². The lowest BCUT2D eigenvalue weighted by Gasteiger charge is -2.41. The van der Waals surface area contributed by atoms with Crippen molar-refractivity contribution in [2.75, 3.05) is 56.7 Å². The zero-order valence-corrected chi connectivity index (χ0v) is 19.3. The Morgan fingerprint density at radius 3 is 2.55 bits per heavy atom. The quantitative estimate of drug-likeness (QED) is 0.550. The molecule has 0 radical (unpaired) electrons. The van der Waals surface area contributed by atoms with Crippen molar-refractivity contribution >= 4 is 23.5 Å². The van der Waals surface area contributed by atoms with Crippen molar-refractivity contribution in [1.29, 1.82) is 5.41 Å². The summed E-state index contributed by atoms with van der Waals surface area (Å²) in [7, 11) is 1.59. The molecule has 0 bridgehead atoms. The predicted octanol–water partition coefficient (Wildman–Crippen LogP) is 2.29. The number of nitrogens with one attached hydrogen (secondary N) is 2. The van der Waals surface area contributed by atoms with Crippen LogP contribution in [0.4, 0.5) is 17.3 Å². The molecule has 3 aliphatic rings. The molecule has 5 rings (SSSR count). The number of aryl methyl sites for hydroxylation is 1. The first-order chi connectivity index (χ1) is 16.0. The average Bonchev–Trinajstić information content (AvgIpc) is 2.77. The Kier molecular flexibility index (Phi) is 6.18. The molecule has 0 amide bonds. The average molecular weight is 453 g/mol. The van der Waals surface area contributed by atoms with E-state index in [1.807, 2.05) is 17.0 Å². The van der Waals surface area contributed by atoms with Crippen LogP contribution in [-0.4, -0.2) is 84.8 Å². The van der Waals surface area contributed by atoms with Crippen molar-refractivity contribution in [1.82, 2.24) is 14.9 Å². The van der Waals surface area contributed by atoms with Crippen LogP contribution < -0.4 is 15.0 Å². The van der Waals surface area contributed by atoms with Gasteiger partial charge >= 0.3 is 0 Å². The fraction of sp³-hybridized carbons (Fsp3) is 0.542. The van der Waals surface area contributed by atoms with Crippen molar-refractivity contribution in [3.8, 4) is 5.88 Å². The smallest absolute Gasteiger partial charge is 0.217 e. The summed E-state index contributed by atoms with van der Waals surface area (Å²) in [6, 6.07) is 6.39. The number of hydrogen-bond donors (Lipinski definition) is 3. The number of hydrogen-bond acceptors (Lipinski definition) is 9. The summed E-state index contributed by atoms with van der Waals surface area (Å²) in [6.07, 6.45) is 3.19. The number of aromatic nitrogens is 2. The van der Waals surface area contributed by atoms with E-state index in [1.54, 1.807) is 7.11 Å². The van der Waals surface area contributed by atoms with Crippen LogP contribution in [0.3, 0.4) is 0 Å². The molecule has 2 aromatic heterocycles. The summed E-state index contributed by atoms with van der Waals surface area (Å²) in [5, 5.41) is 21.0. The minimum absolute atomic E-state index is 0.316. The van der Waals surface area contributed by atoms with Crippen LogP contribution in [0.2, 0.25) is 0 Å². The Morgan fingerprint density at radius 1 is 1.18 bits per heavy atom. The molecule has 5 heterocycles. The van der Waals surface area contributed by atoms with Crippen molar-refractivity contribution in [3.05, 3.63) is 35.0 Å². The monoisotopic (exact) mass is 452 g/mol. The highest BCUT2D eigenvalue weighted by atomic mass is 16.5. The minimum atomic E-state index is -0.316. The lowest BCUT2D eigenvalue weighted by Crippen LogP contribution is -2.51. The van der Waals surface area contributed by atoms with E-state index in [2.05, 4.69) is 28.2 Å². The van der Waals surface area contributed by atoms with E-state index in [4.69, 9.17) is 19.9 Å². The number of β-amino-alcohol motifs (C(OH)–C–C–N with tert-alkyl or cyclic N) is 1. The van der Waals surface area contributed by atoms with Gasteiger partial charge in [0.2, 0.25) is 5.88 Å².